The van der Waals surface area contributed by atoms with Gasteiger partial charge in [0, 0.05) is 30.7 Å². The number of nitrogens with two attached hydrogens (primary N) is 1. The van der Waals surface area contributed by atoms with Crippen molar-refractivity contribution in [2.24, 2.45) is 11.1 Å². The van der Waals surface area contributed by atoms with Crippen LogP contribution in [0.1, 0.15) is 36.2 Å². The first-order valence-electron chi connectivity index (χ1n) is 9.34. The van der Waals surface area contributed by atoms with Crippen LogP contribution in [0.25, 0.3) is 11.0 Å². The average Bonchev–Trinajstić information content (AvgIpc) is 3.06. The molecule has 3 aromatic rings. The quantitative estimate of drug-likeness (QED) is 0.682. The number of benzene rings is 1. The summed E-state index contributed by atoms with van der Waals surface area (Å²) in [5.41, 5.74) is 8.67. The predicted octanol–water partition coefficient (Wildman–Crippen LogP) is 3.52. The molecule has 1 aromatic carbocycles. The molecule has 1 aliphatic heterocycles. The van der Waals surface area contributed by atoms with Gasteiger partial charge in [0.25, 0.3) is 5.91 Å². The molecule has 1 amide bonds. The number of hydrogen-bond donors (Lipinski definition) is 1. The molecule has 1 saturated heterocycles. The molecule has 3 heterocycles. The number of fused-ring (bicyclic) bond motifs is 1. The summed E-state index contributed by atoms with van der Waals surface area (Å²) >= 11 is 0. The van der Waals surface area contributed by atoms with Gasteiger partial charge in [0.15, 0.2) is 5.65 Å². The second-order valence-corrected chi connectivity index (χ2v) is 8.04. The van der Waals surface area contributed by atoms with Crippen LogP contribution in [0.3, 0.4) is 0 Å². The third-order valence-corrected chi connectivity index (χ3v) is 5.50. The van der Waals surface area contributed by atoms with E-state index in [0.29, 0.717) is 25.2 Å². The summed E-state index contributed by atoms with van der Waals surface area (Å²) < 4.78 is 1.86. The molecule has 4 rings (SSSR count). The first-order chi connectivity index (χ1) is 12.9. The fourth-order valence-corrected chi connectivity index (χ4v) is 3.69. The Kier molecular flexibility index (Phi) is 7.27. The first kappa shape index (κ1) is 23.1. The Bertz CT molecular complexity index is 974. The highest BCUT2D eigenvalue weighted by Gasteiger charge is 2.35. The van der Waals surface area contributed by atoms with Crippen LogP contribution in [0.5, 0.6) is 0 Å². The molecule has 0 bridgehead atoms. The molecule has 156 valence electrons. The highest BCUT2D eigenvalue weighted by Crippen LogP contribution is 2.28. The SMILES string of the molecule is CC1(C)CN(C(=O)c2cnc3c(cnn3Cc3ccccc3)c2)CCC1N.Cl.Cl. The van der Waals surface area contributed by atoms with Gasteiger partial charge in [-0.25, -0.2) is 9.67 Å². The minimum absolute atomic E-state index is 0. The molecule has 2 aromatic heterocycles. The van der Waals surface area contributed by atoms with Crippen molar-refractivity contribution in [3.63, 3.8) is 0 Å². The van der Waals surface area contributed by atoms with E-state index in [-0.39, 0.29) is 42.2 Å². The fraction of sp³-hybridized carbons (Fsp3) is 0.381. The Hall–Kier alpha value is -2.15. The molecule has 0 aliphatic carbocycles. The number of carbonyl (C=O) groups is 1. The van der Waals surface area contributed by atoms with Crippen molar-refractivity contribution in [3.8, 4) is 0 Å². The molecule has 2 N–H and O–H groups in total. The van der Waals surface area contributed by atoms with Crippen molar-refractivity contribution in [3.05, 3.63) is 59.9 Å². The van der Waals surface area contributed by atoms with E-state index in [0.717, 1.165) is 23.0 Å². The summed E-state index contributed by atoms with van der Waals surface area (Å²) in [6.07, 6.45) is 4.26. The minimum Gasteiger partial charge on any atom is -0.338 e. The van der Waals surface area contributed by atoms with E-state index in [1.807, 2.05) is 33.8 Å². The van der Waals surface area contributed by atoms with Gasteiger partial charge in [0.1, 0.15) is 0 Å². The number of aromatic nitrogens is 3. The van der Waals surface area contributed by atoms with Gasteiger partial charge in [-0.1, -0.05) is 44.2 Å². The summed E-state index contributed by atoms with van der Waals surface area (Å²) in [6, 6.07) is 12.2. The summed E-state index contributed by atoms with van der Waals surface area (Å²) in [5, 5.41) is 5.33. The van der Waals surface area contributed by atoms with Crippen LogP contribution in [0.15, 0.2) is 48.8 Å². The van der Waals surface area contributed by atoms with Crippen LogP contribution in [0.4, 0.5) is 0 Å². The largest absolute Gasteiger partial charge is 0.338 e. The monoisotopic (exact) mass is 435 g/mol. The molecule has 1 fully saturated rings. The van der Waals surface area contributed by atoms with Crippen LogP contribution >= 0.6 is 24.8 Å². The van der Waals surface area contributed by atoms with Gasteiger partial charge in [-0.05, 0) is 23.5 Å². The van der Waals surface area contributed by atoms with Gasteiger partial charge in [-0.2, -0.15) is 5.10 Å². The van der Waals surface area contributed by atoms with Crippen LogP contribution in [-0.2, 0) is 6.54 Å². The smallest absolute Gasteiger partial charge is 0.255 e. The van der Waals surface area contributed by atoms with Crippen molar-refractivity contribution in [2.45, 2.75) is 32.9 Å². The lowest BCUT2D eigenvalue weighted by Gasteiger charge is -2.42. The zero-order valence-electron chi connectivity index (χ0n) is 16.6. The molecule has 29 heavy (non-hydrogen) atoms. The molecule has 6 nitrogen and oxygen atoms in total. The van der Waals surface area contributed by atoms with Gasteiger partial charge in [0.05, 0.1) is 18.3 Å². The van der Waals surface area contributed by atoms with Gasteiger partial charge in [-0.15, -0.1) is 24.8 Å². The van der Waals surface area contributed by atoms with Crippen LogP contribution in [0.2, 0.25) is 0 Å². The highest BCUT2D eigenvalue weighted by atomic mass is 35.5. The number of nitrogens with zero attached hydrogens (tertiary/aromatic N) is 4. The first-order valence-corrected chi connectivity index (χ1v) is 9.34. The summed E-state index contributed by atoms with van der Waals surface area (Å²) in [7, 11) is 0. The number of amides is 1. The zero-order valence-corrected chi connectivity index (χ0v) is 18.2. The second kappa shape index (κ2) is 9.11. The molecular formula is C21H27Cl2N5O. The normalized spacial score (nSPS) is 18.0. The average molecular weight is 436 g/mol. The number of likely N-dealkylation sites (tertiary alicyclic amines) is 1. The number of carbonyl (C=O) groups excluding carboxylic acids is 1. The maximum Gasteiger partial charge on any atom is 0.255 e. The number of piperidine rings is 1. The van der Waals surface area contributed by atoms with Crippen LogP contribution < -0.4 is 5.73 Å². The van der Waals surface area contributed by atoms with Crippen molar-refractivity contribution in [1.29, 1.82) is 0 Å². The van der Waals surface area contributed by atoms with E-state index < -0.39 is 0 Å². The van der Waals surface area contributed by atoms with E-state index >= 15 is 0 Å². The van der Waals surface area contributed by atoms with Crippen LogP contribution in [-0.4, -0.2) is 44.7 Å². The van der Waals surface area contributed by atoms with E-state index in [1.165, 1.54) is 0 Å². The van der Waals surface area contributed by atoms with Gasteiger partial charge < -0.3 is 10.6 Å². The predicted molar refractivity (Wildman–Crippen MR) is 120 cm³/mol. The second-order valence-electron chi connectivity index (χ2n) is 8.04. The van der Waals surface area contributed by atoms with E-state index in [2.05, 4.69) is 36.1 Å². The Labute approximate surface area is 183 Å². The lowest BCUT2D eigenvalue weighted by molar-refractivity contribution is 0.0533. The van der Waals surface area contributed by atoms with Crippen molar-refractivity contribution < 1.29 is 4.79 Å². The lowest BCUT2D eigenvalue weighted by Crippen LogP contribution is -2.54. The maximum absolute atomic E-state index is 13.0. The van der Waals surface area contributed by atoms with E-state index in [1.54, 1.807) is 12.4 Å². The van der Waals surface area contributed by atoms with Crippen molar-refractivity contribution in [1.82, 2.24) is 19.7 Å². The fourth-order valence-electron chi connectivity index (χ4n) is 3.69. The Morgan fingerprint density at radius 1 is 1.21 bits per heavy atom. The Balaban J connectivity index is 0.00000150. The van der Waals surface area contributed by atoms with E-state index in [4.69, 9.17) is 5.73 Å². The molecule has 0 spiro atoms. The van der Waals surface area contributed by atoms with Gasteiger partial charge in [-0.3, -0.25) is 4.79 Å². The topological polar surface area (TPSA) is 77.0 Å². The number of pyridine rings is 1. The highest BCUT2D eigenvalue weighted by molar-refractivity contribution is 5.97. The lowest BCUT2D eigenvalue weighted by atomic mass is 9.79. The van der Waals surface area contributed by atoms with Crippen molar-refractivity contribution >= 4 is 41.8 Å². The summed E-state index contributed by atoms with van der Waals surface area (Å²) in [5.74, 6) is 0.0141. The van der Waals surface area contributed by atoms with Crippen LogP contribution in [0, 0.1) is 5.41 Å². The molecule has 8 heteroatoms. The maximum atomic E-state index is 13.0. The van der Waals surface area contributed by atoms with E-state index in [9.17, 15) is 4.79 Å². The summed E-state index contributed by atoms with van der Waals surface area (Å²) in [4.78, 5) is 19.4. The molecular weight excluding hydrogens is 409 g/mol. The molecule has 0 radical (unpaired) electrons. The molecule has 0 saturated carbocycles. The molecule has 1 aliphatic rings. The standard InChI is InChI=1S/C21H25N5O.2ClH/c1-21(2)14-25(9-8-18(21)22)20(27)17-10-16-12-24-26(19(16)23-11-17)13-15-6-4-3-5-7-15;;/h3-7,10-12,18H,8-9,13-14,22H2,1-2H3;2*1H. The number of halogens is 2. The Morgan fingerprint density at radius 2 is 1.93 bits per heavy atom. The van der Waals surface area contributed by atoms with Gasteiger partial charge >= 0.3 is 0 Å². The third kappa shape index (κ3) is 4.71. The number of hydrogen-bond acceptors (Lipinski definition) is 4. The minimum atomic E-state index is -0.0774. The van der Waals surface area contributed by atoms with Crippen molar-refractivity contribution in [2.75, 3.05) is 13.1 Å². The number of rotatable bonds is 3. The third-order valence-electron chi connectivity index (χ3n) is 5.50. The Morgan fingerprint density at radius 3 is 2.62 bits per heavy atom. The van der Waals surface area contributed by atoms with Gasteiger partial charge in [0.2, 0.25) is 0 Å². The molecule has 1 unspecified atom stereocenters. The molecule has 1 atom stereocenters. The zero-order chi connectivity index (χ0) is 19.0. The summed E-state index contributed by atoms with van der Waals surface area (Å²) in [6.45, 7) is 6.24.